The highest BCUT2D eigenvalue weighted by atomic mass is 16.5. The molecular weight excluding hydrogens is 374 g/mol. The molecule has 2 N–H and O–H groups in total. The molecule has 5 nitrogen and oxygen atoms in total. The van der Waals surface area contributed by atoms with Crippen molar-refractivity contribution in [3.05, 3.63) is 102 Å². The number of carbonyl (C=O) groups excluding carboxylic acids is 1. The van der Waals surface area contributed by atoms with Gasteiger partial charge in [-0.05, 0) is 34.5 Å². The number of H-pyrrole nitrogens is 1. The fraction of sp³-hybridized carbons (Fsp3) is 0.0400. The van der Waals surface area contributed by atoms with Gasteiger partial charge in [0, 0.05) is 17.0 Å². The lowest BCUT2D eigenvalue weighted by molar-refractivity contribution is 0.102. The van der Waals surface area contributed by atoms with E-state index < -0.39 is 0 Å². The molecule has 30 heavy (non-hydrogen) atoms. The Hall–Kier alpha value is -4.12. The molecule has 146 valence electrons. The molecule has 1 aromatic heterocycles. The van der Waals surface area contributed by atoms with E-state index in [1.165, 1.54) is 0 Å². The highest BCUT2D eigenvalue weighted by molar-refractivity contribution is 6.14. The molecule has 0 fully saturated rings. The molecule has 0 aliphatic heterocycles. The summed E-state index contributed by atoms with van der Waals surface area (Å²) in [6.07, 6.45) is 0. The van der Waals surface area contributed by atoms with Gasteiger partial charge in [-0.3, -0.25) is 9.89 Å². The van der Waals surface area contributed by atoms with Crippen molar-refractivity contribution < 1.29 is 9.53 Å². The van der Waals surface area contributed by atoms with Crippen LogP contribution in [0.1, 0.15) is 15.9 Å². The third-order valence-electron chi connectivity index (χ3n) is 5.05. The molecule has 0 spiro atoms. The van der Waals surface area contributed by atoms with E-state index in [0.717, 1.165) is 33.0 Å². The second-order valence-electron chi connectivity index (χ2n) is 7.03. The zero-order valence-corrected chi connectivity index (χ0v) is 16.1. The average molecular weight is 393 g/mol. The lowest BCUT2D eigenvalue weighted by Gasteiger charge is -2.07. The number of carbonyl (C=O) groups is 1. The number of ether oxygens (including phenoxy) is 1. The molecule has 4 aromatic carbocycles. The van der Waals surface area contributed by atoms with Crippen molar-refractivity contribution in [2.75, 3.05) is 5.32 Å². The molecule has 1 heterocycles. The Bertz CT molecular complexity index is 1340. The monoisotopic (exact) mass is 393 g/mol. The number of fused-ring (bicyclic) bond motifs is 2. The summed E-state index contributed by atoms with van der Waals surface area (Å²) in [4.78, 5) is 12.9. The molecule has 1 amide bonds. The molecule has 0 aliphatic carbocycles. The molecule has 5 rings (SSSR count). The van der Waals surface area contributed by atoms with E-state index in [2.05, 4.69) is 15.5 Å². The van der Waals surface area contributed by atoms with Gasteiger partial charge in [0.15, 0.2) is 5.82 Å². The summed E-state index contributed by atoms with van der Waals surface area (Å²) >= 11 is 0. The van der Waals surface area contributed by atoms with Crippen LogP contribution in [0.5, 0.6) is 5.75 Å². The topological polar surface area (TPSA) is 67.0 Å². The van der Waals surface area contributed by atoms with Gasteiger partial charge in [0.2, 0.25) is 0 Å². The molecule has 0 bridgehead atoms. The van der Waals surface area contributed by atoms with Crippen LogP contribution < -0.4 is 10.1 Å². The number of aromatic nitrogens is 2. The van der Waals surface area contributed by atoms with Crippen LogP contribution in [-0.4, -0.2) is 16.1 Å². The molecule has 0 aliphatic rings. The van der Waals surface area contributed by atoms with E-state index in [0.29, 0.717) is 18.0 Å². The number of nitrogens with one attached hydrogen (secondary N) is 2. The Morgan fingerprint density at radius 2 is 1.67 bits per heavy atom. The van der Waals surface area contributed by atoms with E-state index in [-0.39, 0.29) is 5.91 Å². The standard InChI is InChI=1S/C25H19N3O2/c29-25(21-12-6-10-18-9-4-5-11-20(18)21)26-24-22-14-13-19(15-23(22)27-28-24)30-16-17-7-2-1-3-8-17/h1-15H,16H2,(H2,26,27,28,29). The zero-order valence-electron chi connectivity index (χ0n) is 16.1. The van der Waals surface area contributed by atoms with Gasteiger partial charge in [0.05, 0.1) is 5.52 Å². The summed E-state index contributed by atoms with van der Waals surface area (Å²) < 4.78 is 5.87. The van der Waals surface area contributed by atoms with Crippen molar-refractivity contribution in [3.8, 4) is 5.75 Å². The highest BCUT2D eigenvalue weighted by Crippen LogP contribution is 2.26. The van der Waals surface area contributed by atoms with Crippen LogP contribution in [-0.2, 0) is 6.61 Å². The lowest BCUT2D eigenvalue weighted by atomic mass is 10.0. The summed E-state index contributed by atoms with van der Waals surface area (Å²) in [6.45, 7) is 0.491. The van der Waals surface area contributed by atoms with Crippen LogP contribution in [0.25, 0.3) is 21.7 Å². The first-order valence-corrected chi connectivity index (χ1v) is 9.72. The summed E-state index contributed by atoms with van der Waals surface area (Å²) in [5.41, 5.74) is 2.52. The average Bonchev–Trinajstić information content (AvgIpc) is 3.20. The maximum Gasteiger partial charge on any atom is 0.257 e. The number of nitrogens with zero attached hydrogens (tertiary/aromatic N) is 1. The van der Waals surface area contributed by atoms with Gasteiger partial charge in [0.1, 0.15) is 12.4 Å². The van der Waals surface area contributed by atoms with Crippen molar-refractivity contribution in [2.45, 2.75) is 6.61 Å². The van der Waals surface area contributed by atoms with Gasteiger partial charge >= 0.3 is 0 Å². The largest absolute Gasteiger partial charge is 0.489 e. The Labute approximate surface area is 173 Å². The minimum atomic E-state index is -0.190. The molecule has 5 aromatic rings. The molecule has 0 radical (unpaired) electrons. The third-order valence-corrected chi connectivity index (χ3v) is 5.05. The number of hydrogen-bond acceptors (Lipinski definition) is 3. The SMILES string of the molecule is O=C(Nc1n[nH]c2cc(OCc3ccccc3)ccc12)c1cccc2ccccc12. The van der Waals surface area contributed by atoms with Gasteiger partial charge in [-0.2, -0.15) is 5.10 Å². The normalized spacial score (nSPS) is 10.9. The van der Waals surface area contributed by atoms with Crippen molar-refractivity contribution in [1.29, 1.82) is 0 Å². The first-order chi connectivity index (χ1) is 14.8. The Kier molecular flexibility index (Phi) is 4.62. The summed E-state index contributed by atoms with van der Waals surface area (Å²) in [7, 11) is 0. The Morgan fingerprint density at radius 3 is 2.57 bits per heavy atom. The Morgan fingerprint density at radius 1 is 0.867 bits per heavy atom. The van der Waals surface area contributed by atoms with Crippen LogP contribution in [0.2, 0.25) is 0 Å². The van der Waals surface area contributed by atoms with Crippen molar-refractivity contribution >= 4 is 33.4 Å². The van der Waals surface area contributed by atoms with E-state index >= 15 is 0 Å². The van der Waals surface area contributed by atoms with Crippen LogP contribution in [0.4, 0.5) is 5.82 Å². The minimum absolute atomic E-state index is 0.190. The van der Waals surface area contributed by atoms with Gasteiger partial charge in [0.25, 0.3) is 5.91 Å². The predicted molar refractivity (Wildman–Crippen MR) is 119 cm³/mol. The molecule has 0 atom stereocenters. The smallest absolute Gasteiger partial charge is 0.257 e. The van der Waals surface area contributed by atoms with Crippen LogP contribution in [0.15, 0.2) is 91.0 Å². The molecule has 5 heteroatoms. The number of anilines is 1. The summed E-state index contributed by atoms with van der Waals surface area (Å²) in [6, 6.07) is 29.2. The van der Waals surface area contributed by atoms with Crippen LogP contribution in [0, 0.1) is 0 Å². The van der Waals surface area contributed by atoms with Gasteiger partial charge < -0.3 is 10.1 Å². The Balaban J connectivity index is 1.37. The van der Waals surface area contributed by atoms with Gasteiger partial charge in [-0.25, -0.2) is 0 Å². The van der Waals surface area contributed by atoms with E-state index in [9.17, 15) is 4.79 Å². The number of amides is 1. The molecular formula is C25H19N3O2. The minimum Gasteiger partial charge on any atom is -0.489 e. The number of aromatic amines is 1. The quantitative estimate of drug-likeness (QED) is 0.411. The van der Waals surface area contributed by atoms with E-state index in [1.807, 2.05) is 91.0 Å². The maximum atomic E-state index is 12.9. The molecule has 0 unspecified atom stereocenters. The summed E-state index contributed by atoms with van der Waals surface area (Å²) in [5.74, 6) is 1.05. The molecule has 0 saturated carbocycles. The number of rotatable bonds is 5. The van der Waals surface area contributed by atoms with Crippen molar-refractivity contribution in [1.82, 2.24) is 10.2 Å². The van der Waals surface area contributed by atoms with Crippen molar-refractivity contribution in [2.24, 2.45) is 0 Å². The fourth-order valence-electron chi connectivity index (χ4n) is 3.52. The van der Waals surface area contributed by atoms with Crippen LogP contribution in [0.3, 0.4) is 0 Å². The first kappa shape index (κ1) is 17.9. The predicted octanol–water partition coefficient (Wildman–Crippen LogP) is 5.55. The van der Waals surface area contributed by atoms with E-state index in [1.54, 1.807) is 0 Å². The second-order valence-corrected chi connectivity index (χ2v) is 7.03. The summed E-state index contributed by atoms with van der Waals surface area (Å²) in [5, 5.41) is 13.0. The van der Waals surface area contributed by atoms with Gasteiger partial charge in [-0.1, -0.05) is 66.7 Å². The zero-order chi connectivity index (χ0) is 20.3. The van der Waals surface area contributed by atoms with Crippen molar-refractivity contribution in [3.63, 3.8) is 0 Å². The second kappa shape index (κ2) is 7.72. The third kappa shape index (κ3) is 3.49. The first-order valence-electron chi connectivity index (χ1n) is 9.72. The number of benzene rings is 4. The molecule has 0 saturated heterocycles. The number of hydrogen-bond donors (Lipinski definition) is 2. The van der Waals surface area contributed by atoms with Crippen LogP contribution >= 0.6 is 0 Å². The van der Waals surface area contributed by atoms with E-state index in [4.69, 9.17) is 4.74 Å². The lowest BCUT2D eigenvalue weighted by Crippen LogP contribution is -2.12. The fourth-order valence-corrected chi connectivity index (χ4v) is 3.52. The highest BCUT2D eigenvalue weighted by Gasteiger charge is 2.14. The van der Waals surface area contributed by atoms with Gasteiger partial charge in [-0.15, -0.1) is 0 Å². The maximum absolute atomic E-state index is 12.9.